The number of carbonyl (C=O) groups is 1. The van der Waals surface area contributed by atoms with Crippen molar-refractivity contribution in [3.8, 4) is 0 Å². The molecule has 0 aromatic carbocycles. The third kappa shape index (κ3) is 4.04. The van der Waals surface area contributed by atoms with Gasteiger partial charge in [0.15, 0.2) is 10.9 Å². The molecule has 1 fully saturated rings. The van der Waals surface area contributed by atoms with E-state index in [0.29, 0.717) is 18.2 Å². The predicted octanol–water partition coefficient (Wildman–Crippen LogP) is 3.62. The average Bonchev–Trinajstić information content (AvgIpc) is 3.39. The summed E-state index contributed by atoms with van der Waals surface area (Å²) in [4.78, 5) is 20.5. The van der Waals surface area contributed by atoms with Crippen molar-refractivity contribution in [1.29, 1.82) is 0 Å². The standard InChI is InChI=1S/C20H25N3O4S2/c1-2-12-23(20-21-15-8-4-5-9-17(15)28-20)19(24)16-10-11-18(27-16)29(25,26)22-13-6-3-7-14-22/h2,10-11H,1,3-9,12-14H2. The van der Waals surface area contributed by atoms with Crippen LogP contribution in [0.1, 0.15) is 53.2 Å². The largest absolute Gasteiger partial charge is 0.438 e. The van der Waals surface area contributed by atoms with Gasteiger partial charge in [0, 0.05) is 24.5 Å². The molecule has 4 rings (SSSR count). The van der Waals surface area contributed by atoms with Crippen LogP contribution in [0.2, 0.25) is 0 Å². The molecule has 0 bridgehead atoms. The van der Waals surface area contributed by atoms with Crippen LogP contribution in [0.3, 0.4) is 0 Å². The number of nitrogens with zero attached hydrogens (tertiary/aromatic N) is 3. The summed E-state index contributed by atoms with van der Waals surface area (Å²) in [6, 6.07) is 2.80. The number of hydrogen-bond acceptors (Lipinski definition) is 6. The number of fused-ring (bicyclic) bond motifs is 1. The summed E-state index contributed by atoms with van der Waals surface area (Å²) < 4.78 is 32.6. The zero-order chi connectivity index (χ0) is 20.4. The average molecular weight is 436 g/mol. The van der Waals surface area contributed by atoms with Gasteiger partial charge in [-0.15, -0.1) is 17.9 Å². The summed E-state index contributed by atoms with van der Waals surface area (Å²) in [5.41, 5.74) is 1.06. The molecule has 29 heavy (non-hydrogen) atoms. The SMILES string of the molecule is C=CCN(C(=O)c1ccc(S(=O)(=O)N2CCCCC2)o1)c1nc2c(s1)CCCC2. The van der Waals surface area contributed by atoms with Crippen LogP contribution in [0, 0.1) is 0 Å². The van der Waals surface area contributed by atoms with E-state index in [1.54, 1.807) is 6.08 Å². The molecule has 1 aliphatic carbocycles. The fourth-order valence-corrected chi connectivity index (χ4v) is 6.35. The summed E-state index contributed by atoms with van der Waals surface area (Å²) in [5, 5.41) is 0.429. The van der Waals surface area contributed by atoms with E-state index in [-0.39, 0.29) is 17.4 Å². The topological polar surface area (TPSA) is 83.7 Å². The van der Waals surface area contributed by atoms with Crippen molar-refractivity contribution < 1.29 is 17.6 Å². The first-order valence-electron chi connectivity index (χ1n) is 10.0. The maximum Gasteiger partial charge on any atom is 0.296 e. The molecular weight excluding hydrogens is 410 g/mol. The van der Waals surface area contributed by atoms with Crippen LogP contribution in [0.15, 0.2) is 34.3 Å². The molecule has 7 nitrogen and oxygen atoms in total. The third-order valence-electron chi connectivity index (χ3n) is 5.32. The molecule has 0 saturated carbocycles. The van der Waals surface area contributed by atoms with E-state index in [1.807, 2.05) is 0 Å². The first-order valence-corrected chi connectivity index (χ1v) is 12.3. The number of aromatic nitrogens is 1. The molecule has 0 unspecified atom stereocenters. The fourth-order valence-electron chi connectivity index (χ4n) is 3.77. The highest BCUT2D eigenvalue weighted by molar-refractivity contribution is 7.89. The minimum absolute atomic E-state index is 0.00407. The van der Waals surface area contributed by atoms with Crippen molar-refractivity contribution in [3.05, 3.63) is 41.1 Å². The van der Waals surface area contributed by atoms with Gasteiger partial charge in [-0.25, -0.2) is 13.4 Å². The van der Waals surface area contributed by atoms with Crippen molar-refractivity contribution in [1.82, 2.24) is 9.29 Å². The minimum Gasteiger partial charge on any atom is -0.438 e. The van der Waals surface area contributed by atoms with Crippen LogP contribution in [0.25, 0.3) is 0 Å². The fraction of sp³-hybridized carbons (Fsp3) is 0.500. The third-order valence-corrected chi connectivity index (χ3v) is 8.28. The van der Waals surface area contributed by atoms with Crippen molar-refractivity contribution >= 4 is 32.4 Å². The van der Waals surface area contributed by atoms with Gasteiger partial charge in [-0.2, -0.15) is 4.31 Å². The van der Waals surface area contributed by atoms with Crippen molar-refractivity contribution in [2.24, 2.45) is 0 Å². The second kappa shape index (κ2) is 8.41. The van der Waals surface area contributed by atoms with Crippen LogP contribution in [-0.4, -0.2) is 43.2 Å². The number of sulfonamides is 1. The number of furan rings is 1. The van der Waals surface area contributed by atoms with Gasteiger partial charge in [0.05, 0.1) is 5.69 Å². The highest BCUT2D eigenvalue weighted by Crippen LogP contribution is 2.33. The van der Waals surface area contributed by atoms with Crippen LogP contribution in [0.4, 0.5) is 5.13 Å². The second-order valence-electron chi connectivity index (χ2n) is 7.36. The van der Waals surface area contributed by atoms with E-state index in [4.69, 9.17) is 4.42 Å². The van der Waals surface area contributed by atoms with Gasteiger partial charge in [0.1, 0.15) is 0 Å². The Bertz CT molecular complexity index is 979. The van der Waals surface area contributed by atoms with Gasteiger partial charge in [0.25, 0.3) is 15.9 Å². The Balaban J connectivity index is 1.59. The number of anilines is 1. The summed E-state index contributed by atoms with van der Waals surface area (Å²) >= 11 is 1.52. The van der Waals surface area contributed by atoms with Crippen LogP contribution in [-0.2, 0) is 22.9 Å². The molecule has 2 aliphatic rings. The lowest BCUT2D eigenvalue weighted by atomic mass is 10.0. The Hall–Kier alpha value is -1.97. The zero-order valence-corrected chi connectivity index (χ0v) is 17.9. The molecule has 0 N–H and O–H groups in total. The molecule has 3 heterocycles. The van der Waals surface area contributed by atoms with E-state index >= 15 is 0 Å². The molecule has 0 radical (unpaired) electrons. The van der Waals surface area contributed by atoms with E-state index in [1.165, 1.54) is 37.6 Å². The van der Waals surface area contributed by atoms with Gasteiger partial charge in [-0.1, -0.05) is 12.5 Å². The van der Waals surface area contributed by atoms with Gasteiger partial charge < -0.3 is 4.42 Å². The van der Waals surface area contributed by atoms with E-state index < -0.39 is 15.9 Å². The van der Waals surface area contributed by atoms with Crippen molar-refractivity contribution in [2.75, 3.05) is 24.5 Å². The predicted molar refractivity (Wildman–Crippen MR) is 112 cm³/mol. The summed E-state index contributed by atoms with van der Waals surface area (Å²) in [6.07, 6.45) is 8.51. The molecule has 156 valence electrons. The lowest BCUT2D eigenvalue weighted by molar-refractivity contribution is 0.0957. The Kier molecular flexibility index (Phi) is 5.89. The van der Waals surface area contributed by atoms with Crippen LogP contribution >= 0.6 is 11.3 Å². The smallest absolute Gasteiger partial charge is 0.296 e. The maximum atomic E-state index is 13.1. The maximum absolute atomic E-state index is 13.1. The summed E-state index contributed by atoms with van der Waals surface area (Å²) in [7, 11) is -3.72. The molecule has 2 aromatic rings. The number of aryl methyl sites for hydroxylation is 2. The summed E-state index contributed by atoms with van der Waals surface area (Å²) in [6.45, 7) is 4.99. The normalized spacial score (nSPS) is 17.7. The van der Waals surface area contributed by atoms with E-state index in [9.17, 15) is 13.2 Å². The number of carbonyl (C=O) groups excluding carboxylic acids is 1. The van der Waals surface area contributed by atoms with Gasteiger partial charge in [-0.05, 0) is 50.7 Å². The number of amides is 1. The van der Waals surface area contributed by atoms with Crippen LogP contribution < -0.4 is 4.90 Å². The Morgan fingerprint density at radius 3 is 2.69 bits per heavy atom. The number of thiazole rings is 1. The molecule has 0 atom stereocenters. The number of rotatable bonds is 6. The van der Waals surface area contributed by atoms with Crippen molar-refractivity contribution in [2.45, 2.75) is 50.0 Å². The molecule has 0 spiro atoms. The lowest BCUT2D eigenvalue weighted by Crippen LogP contribution is -2.35. The number of hydrogen-bond donors (Lipinski definition) is 0. The Morgan fingerprint density at radius 1 is 1.21 bits per heavy atom. The van der Waals surface area contributed by atoms with Gasteiger partial charge >= 0.3 is 0 Å². The van der Waals surface area contributed by atoms with Crippen LogP contribution in [0.5, 0.6) is 0 Å². The Labute approximate surface area is 175 Å². The van der Waals surface area contributed by atoms with Gasteiger partial charge in [-0.3, -0.25) is 9.69 Å². The van der Waals surface area contributed by atoms with E-state index in [2.05, 4.69) is 11.6 Å². The highest BCUT2D eigenvalue weighted by Gasteiger charge is 2.31. The number of piperidine rings is 1. The monoisotopic (exact) mass is 435 g/mol. The van der Waals surface area contributed by atoms with E-state index in [0.717, 1.165) is 50.6 Å². The second-order valence-corrected chi connectivity index (χ2v) is 10.3. The quantitative estimate of drug-likeness (QED) is 0.647. The molecule has 1 saturated heterocycles. The molecule has 9 heteroatoms. The molecule has 2 aromatic heterocycles. The molecular formula is C20H25N3O4S2. The lowest BCUT2D eigenvalue weighted by Gasteiger charge is -2.24. The first kappa shape index (κ1) is 20.3. The highest BCUT2D eigenvalue weighted by atomic mass is 32.2. The molecule has 1 aliphatic heterocycles. The molecule has 1 amide bonds. The minimum atomic E-state index is -3.72. The van der Waals surface area contributed by atoms with Crippen molar-refractivity contribution in [3.63, 3.8) is 0 Å². The first-order chi connectivity index (χ1) is 14.0. The Morgan fingerprint density at radius 2 is 1.97 bits per heavy atom. The van der Waals surface area contributed by atoms with Gasteiger partial charge in [0.2, 0.25) is 5.09 Å². The summed E-state index contributed by atoms with van der Waals surface area (Å²) in [5.74, 6) is -0.410. The zero-order valence-electron chi connectivity index (χ0n) is 16.3.